The Kier molecular flexibility index (Phi) is 8.31. The van der Waals surface area contributed by atoms with Crippen molar-refractivity contribution >= 4 is 44.1 Å². The van der Waals surface area contributed by atoms with Crippen molar-refractivity contribution in [2.24, 2.45) is 0 Å². The number of hydrogen-bond acceptors (Lipinski definition) is 5. The summed E-state index contributed by atoms with van der Waals surface area (Å²) in [5.74, 6) is -1.03. The fraction of sp³-hybridized carbons (Fsp3) is 0.261. The Morgan fingerprint density at radius 3 is 2.68 bits per heavy atom. The van der Waals surface area contributed by atoms with Crippen LogP contribution in [0.25, 0.3) is 11.3 Å². The highest BCUT2D eigenvalue weighted by Crippen LogP contribution is 2.36. The number of pyridine rings is 1. The summed E-state index contributed by atoms with van der Waals surface area (Å²) in [5, 5.41) is 5.06. The number of hydrogen-bond donors (Lipinski definition) is 1. The zero-order chi connectivity index (χ0) is 22.2. The number of aromatic nitrogens is 1. The molecule has 0 saturated heterocycles. The maximum Gasteiger partial charge on any atom is 0.341 e. The highest BCUT2D eigenvalue weighted by Gasteiger charge is 2.23. The fourth-order valence-corrected chi connectivity index (χ4v) is 4.18. The number of amides is 1. The second kappa shape index (κ2) is 11.2. The van der Waals surface area contributed by atoms with Crippen LogP contribution in [0.3, 0.4) is 0 Å². The molecule has 0 radical (unpaired) electrons. The van der Waals surface area contributed by atoms with Crippen LogP contribution in [0.1, 0.15) is 42.1 Å². The molecule has 0 aliphatic rings. The van der Waals surface area contributed by atoms with Gasteiger partial charge in [0.05, 0.1) is 12.3 Å². The first-order valence-corrected chi connectivity index (χ1v) is 11.6. The lowest BCUT2D eigenvalue weighted by Gasteiger charge is -2.09. The van der Waals surface area contributed by atoms with Crippen molar-refractivity contribution in [2.45, 2.75) is 32.6 Å². The molecule has 8 heteroatoms. The number of thiophene rings is 1. The number of nitrogens with one attached hydrogen (secondary N) is 1. The molecule has 1 N–H and O–H groups in total. The van der Waals surface area contributed by atoms with Gasteiger partial charge in [-0.1, -0.05) is 31.5 Å². The van der Waals surface area contributed by atoms with Gasteiger partial charge in [0.15, 0.2) is 0 Å². The Morgan fingerprint density at radius 1 is 1.19 bits per heavy atom. The minimum Gasteiger partial charge on any atom is -0.462 e. The lowest BCUT2D eigenvalue weighted by atomic mass is 10.1. The van der Waals surface area contributed by atoms with Crippen LogP contribution in [0.5, 0.6) is 0 Å². The van der Waals surface area contributed by atoms with E-state index in [1.807, 2.05) is 13.0 Å². The summed E-state index contributed by atoms with van der Waals surface area (Å²) in [6.07, 6.45) is 2.34. The maximum atomic E-state index is 13.0. The van der Waals surface area contributed by atoms with Crippen LogP contribution in [-0.4, -0.2) is 23.5 Å². The summed E-state index contributed by atoms with van der Waals surface area (Å²) in [6, 6.07) is 11.5. The smallest absolute Gasteiger partial charge is 0.341 e. The van der Waals surface area contributed by atoms with Gasteiger partial charge in [0, 0.05) is 17.4 Å². The van der Waals surface area contributed by atoms with Crippen molar-refractivity contribution in [2.75, 3.05) is 11.9 Å². The van der Waals surface area contributed by atoms with E-state index in [9.17, 15) is 14.0 Å². The van der Waals surface area contributed by atoms with E-state index in [1.54, 1.807) is 29.6 Å². The maximum absolute atomic E-state index is 13.0. The van der Waals surface area contributed by atoms with Crippen LogP contribution in [-0.2, 0) is 16.0 Å². The molecule has 31 heavy (non-hydrogen) atoms. The van der Waals surface area contributed by atoms with Crippen LogP contribution in [0.15, 0.2) is 52.4 Å². The SMILES string of the molecule is CCCCOC(=O)c1c(-c2cccc(Br)n2)csc1NC(=O)CCc1ccc(F)cc1. The summed E-state index contributed by atoms with van der Waals surface area (Å²) < 4.78 is 19.1. The molecule has 0 fully saturated rings. The molecular formula is C23H22BrFN2O3S. The molecule has 0 aliphatic carbocycles. The Hall–Kier alpha value is -2.58. The van der Waals surface area contributed by atoms with E-state index in [0.717, 1.165) is 18.4 Å². The molecule has 1 amide bonds. The lowest BCUT2D eigenvalue weighted by molar-refractivity contribution is -0.116. The highest BCUT2D eigenvalue weighted by molar-refractivity contribution is 9.10. The number of carbonyl (C=O) groups excluding carboxylic acids is 2. The molecule has 0 bridgehead atoms. The van der Waals surface area contributed by atoms with E-state index in [1.165, 1.54) is 23.5 Å². The molecule has 162 valence electrons. The second-order valence-corrected chi connectivity index (χ2v) is 8.56. The number of benzene rings is 1. The third kappa shape index (κ3) is 6.45. The first-order chi connectivity index (χ1) is 15.0. The van der Waals surface area contributed by atoms with E-state index in [-0.39, 0.29) is 18.1 Å². The number of esters is 1. The van der Waals surface area contributed by atoms with Crippen LogP contribution in [0.4, 0.5) is 9.39 Å². The van der Waals surface area contributed by atoms with Crippen LogP contribution < -0.4 is 5.32 Å². The number of nitrogens with zero attached hydrogens (tertiary/aromatic N) is 1. The van der Waals surface area contributed by atoms with Gasteiger partial charge in [0.2, 0.25) is 5.91 Å². The second-order valence-electron chi connectivity index (χ2n) is 6.86. The highest BCUT2D eigenvalue weighted by atomic mass is 79.9. The van der Waals surface area contributed by atoms with Gasteiger partial charge in [-0.3, -0.25) is 4.79 Å². The molecule has 0 saturated carbocycles. The molecule has 3 aromatic rings. The van der Waals surface area contributed by atoms with Crippen molar-refractivity contribution in [3.8, 4) is 11.3 Å². The van der Waals surface area contributed by atoms with Gasteiger partial charge in [0.1, 0.15) is 21.0 Å². The van der Waals surface area contributed by atoms with Crippen molar-refractivity contribution in [3.63, 3.8) is 0 Å². The third-order valence-corrected chi connectivity index (χ3v) is 5.86. The van der Waals surface area contributed by atoms with Crippen molar-refractivity contribution in [1.82, 2.24) is 4.98 Å². The van der Waals surface area contributed by atoms with Crippen LogP contribution in [0.2, 0.25) is 0 Å². The van der Waals surface area contributed by atoms with Gasteiger partial charge in [-0.25, -0.2) is 14.2 Å². The third-order valence-electron chi connectivity index (χ3n) is 4.52. The summed E-state index contributed by atoms with van der Waals surface area (Å²) >= 11 is 4.61. The summed E-state index contributed by atoms with van der Waals surface area (Å²) in [4.78, 5) is 29.8. The molecule has 2 aromatic heterocycles. The Morgan fingerprint density at radius 2 is 1.97 bits per heavy atom. The Bertz CT molecular complexity index is 1050. The Balaban J connectivity index is 1.78. The van der Waals surface area contributed by atoms with Gasteiger partial charge in [-0.15, -0.1) is 11.3 Å². The minimum absolute atomic E-state index is 0.207. The Labute approximate surface area is 192 Å². The average Bonchev–Trinajstić information content (AvgIpc) is 3.17. The quantitative estimate of drug-likeness (QED) is 0.212. The van der Waals surface area contributed by atoms with Gasteiger partial charge >= 0.3 is 5.97 Å². The van der Waals surface area contributed by atoms with Crippen molar-refractivity contribution in [3.05, 3.63) is 69.4 Å². The number of unbranched alkanes of at least 4 members (excludes halogenated alkanes) is 1. The van der Waals surface area contributed by atoms with Gasteiger partial charge in [-0.2, -0.15) is 0 Å². The topological polar surface area (TPSA) is 68.3 Å². The summed E-state index contributed by atoms with van der Waals surface area (Å²) in [7, 11) is 0. The molecule has 2 heterocycles. The standard InChI is InChI=1S/C23H22BrFN2O3S/c1-2-3-13-30-23(29)21-17(18-5-4-6-19(24)26-18)14-31-22(21)27-20(28)12-9-15-7-10-16(25)11-8-15/h4-8,10-11,14H,2-3,9,12-13H2,1H3,(H,27,28). The number of carbonyl (C=O) groups is 2. The average molecular weight is 505 g/mol. The number of aryl methyl sites for hydroxylation is 1. The monoisotopic (exact) mass is 504 g/mol. The summed E-state index contributed by atoms with van der Waals surface area (Å²) in [5.41, 5.74) is 2.39. The van der Waals surface area contributed by atoms with Gasteiger partial charge in [0.25, 0.3) is 0 Å². The zero-order valence-electron chi connectivity index (χ0n) is 17.0. The number of rotatable bonds is 9. The zero-order valence-corrected chi connectivity index (χ0v) is 19.4. The molecule has 0 atom stereocenters. The predicted octanol–water partition coefficient (Wildman–Crippen LogP) is 6.24. The molecule has 0 unspecified atom stereocenters. The fourth-order valence-electron chi connectivity index (χ4n) is 2.88. The molecule has 1 aromatic carbocycles. The first-order valence-electron chi connectivity index (χ1n) is 9.93. The molecule has 0 spiro atoms. The van der Waals surface area contributed by atoms with Crippen LogP contribution in [0, 0.1) is 5.82 Å². The lowest BCUT2D eigenvalue weighted by Crippen LogP contribution is -2.15. The van der Waals surface area contributed by atoms with Crippen LogP contribution >= 0.6 is 27.3 Å². The normalized spacial score (nSPS) is 10.7. The summed E-state index contributed by atoms with van der Waals surface area (Å²) in [6.45, 7) is 2.33. The van der Waals surface area contributed by atoms with E-state index < -0.39 is 5.97 Å². The van der Waals surface area contributed by atoms with E-state index in [2.05, 4.69) is 26.2 Å². The molecule has 5 nitrogen and oxygen atoms in total. The number of ether oxygens (including phenoxy) is 1. The number of halogens is 2. The molecular weight excluding hydrogens is 483 g/mol. The van der Waals surface area contributed by atoms with Gasteiger partial charge < -0.3 is 10.1 Å². The van der Waals surface area contributed by atoms with E-state index >= 15 is 0 Å². The minimum atomic E-state index is -0.486. The van der Waals surface area contributed by atoms with Crippen molar-refractivity contribution < 1.29 is 18.7 Å². The molecule has 3 rings (SSSR count). The predicted molar refractivity (Wildman–Crippen MR) is 124 cm³/mol. The van der Waals surface area contributed by atoms with E-state index in [4.69, 9.17) is 4.74 Å². The van der Waals surface area contributed by atoms with E-state index in [0.29, 0.717) is 39.5 Å². The van der Waals surface area contributed by atoms with Gasteiger partial charge in [-0.05, 0) is 58.6 Å². The van der Waals surface area contributed by atoms with Crippen molar-refractivity contribution in [1.29, 1.82) is 0 Å². The molecule has 0 aliphatic heterocycles. The largest absolute Gasteiger partial charge is 0.462 e. The number of anilines is 1. The first kappa shape index (κ1) is 23.1.